The number of benzene rings is 1. The highest BCUT2D eigenvalue weighted by Gasteiger charge is 2.14. The molecule has 0 aliphatic heterocycles. The molecule has 2 heterocycles. The molecular formula is C18H20N4OS. The van der Waals surface area contributed by atoms with Gasteiger partial charge in [0.1, 0.15) is 0 Å². The van der Waals surface area contributed by atoms with E-state index in [1.165, 1.54) is 4.88 Å². The first-order valence-electron chi connectivity index (χ1n) is 7.85. The minimum atomic E-state index is -0.000837. The molecule has 0 saturated carbocycles. The van der Waals surface area contributed by atoms with Gasteiger partial charge in [-0.2, -0.15) is 0 Å². The highest BCUT2D eigenvalue weighted by molar-refractivity contribution is 7.09. The molecule has 3 aromatic rings. The van der Waals surface area contributed by atoms with Gasteiger partial charge in [0.15, 0.2) is 0 Å². The van der Waals surface area contributed by atoms with E-state index in [0.717, 1.165) is 34.5 Å². The average Bonchev–Trinajstić information content (AvgIpc) is 2.97. The number of aryl methyl sites for hydroxylation is 3. The second-order valence-electron chi connectivity index (χ2n) is 5.94. The third kappa shape index (κ3) is 3.28. The van der Waals surface area contributed by atoms with Crippen LogP contribution in [0.1, 0.15) is 32.3 Å². The van der Waals surface area contributed by atoms with Crippen LogP contribution in [-0.2, 0) is 6.42 Å². The van der Waals surface area contributed by atoms with Crippen LogP contribution in [0.5, 0.6) is 0 Å². The Morgan fingerprint density at radius 3 is 2.46 bits per heavy atom. The Balaban J connectivity index is 1.77. The Hall–Kier alpha value is -2.34. The Kier molecular flexibility index (Phi) is 4.57. The minimum absolute atomic E-state index is 0.000837. The van der Waals surface area contributed by atoms with Gasteiger partial charge in [-0.25, -0.2) is 15.0 Å². The van der Waals surface area contributed by atoms with Crippen molar-refractivity contribution < 1.29 is 4.79 Å². The lowest BCUT2D eigenvalue weighted by Gasteiger charge is -2.17. The average molecular weight is 340 g/mol. The van der Waals surface area contributed by atoms with Gasteiger partial charge in [-0.15, -0.1) is 11.3 Å². The lowest BCUT2D eigenvalue weighted by molar-refractivity contribution is 0.0797. The van der Waals surface area contributed by atoms with E-state index >= 15 is 0 Å². The molecule has 1 amide bonds. The summed E-state index contributed by atoms with van der Waals surface area (Å²) < 4.78 is 0. The molecule has 0 atom stereocenters. The van der Waals surface area contributed by atoms with Crippen LogP contribution in [0.25, 0.3) is 11.0 Å². The maximum atomic E-state index is 12.7. The number of aromatic nitrogens is 3. The number of likely N-dealkylation sites (N-methyl/N-ethyl adjacent to an activating group) is 1. The van der Waals surface area contributed by atoms with Crippen molar-refractivity contribution in [3.8, 4) is 0 Å². The molecule has 0 aliphatic rings. The molecule has 24 heavy (non-hydrogen) atoms. The van der Waals surface area contributed by atoms with E-state index in [9.17, 15) is 4.79 Å². The molecule has 3 rings (SSSR count). The quantitative estimate of drug-likeness (QED) is 0.731. The molecule has 0 unspecified atom stereocenters. The molecule has 0 aliphatic carbocycles. The van der Waals surface area contributed by atoms with E-state index in [1.807, 2.05) is 51.5 Å². The minimum Gasteiger partial charge on any atom is -0.341 e. The zero-order valence-electron chi connectivity index (χ0n) is 14.3. The zero-order chi connectivity index (χ0) is 17.3. The van der Waals surface area contributed by atoms with Gasteiger partial charge in [0, 0.05) is 30.5 Å². The summed E-state index contributed by atoms with van der Waals surface area (Å²) in [4.78, 5) is 28.9. The fourth-order valence-electron chi connectivity index (χ4n) is 2.52. The molecule has 0 bridgehead atoms. The van der Waals surface area contributed by atoms with Crippen LogP contribution in [0.15, 0.2) is 23.7 Å². The van der Waals surface area contributed by atoms with Gasteiger partial charge in [0.2, 0.25) is 0 Å². The molecular weight excluding hydrogens is 320 g/mol. The van der Waals surface area contributed by atoms with Gasteiger partial charge >= 0.3 is 0 Å². The lowest BCUT2D eigenvalue weighted by atomic mass is 10.1. The van der Waals surface area contributed by atoms with E-state index in [-0.39, 0.29) is 5.91 Å². The Morgan fingerprint density at radius 1 is 1.08 bits per heavy atom. The summed E-state index contributed by atoms with van der Waals surface area (Å²) in [7, 11) is 1.83. The molecule has 0 saturated heterocycles. The number of amides is 1. The van der Waals surface area contributed by atoms with Crippen molar-refractivity contribution in [2.75, 3.05) is 13.6 Å². The van der Waals surface area contributed by atoms with Crippen LogP contribution >= 0.6 is 11.3 Å². The van der Waals surface area contributed by atoms with Gasteiger partial charge < -0.3 is 4.90 Å². The lowest BCUT2D eigenvalue weighted by Crippen LogP contribution is -2.28. The van der Waals surface area contributed by atoms with E-state index in [4.69, 9.17) is 0 Å². The molecule has 0 N–H and O–H groups in total. The summed E-state index contributed by atoms with van der Waals surface area (Å²) in [5.74, 6) is -0.000837. The number of carbonyl (C=O) groups is 1. The molecule has 0 fully saturated rings. The van der Waals surface area contributed by atoms with Gasteiger partial charge in [-0.05, 0) is 39.0 Å². The zero-order valence-corrected chi connectivity index (χ0v) is 15.1. The third-order valence-electron chi connectivity index (χ3n) is 4.19. The van der Waals surface area contributed by atoms with Crippen molar-refractivity contribution in [1.29, 1.82) is 0 Å². The smallest absolute Gasteiger partial charge is 0.253 e. The van der Waals surface area contributed by atoms with E-state index < -0.39 is 0 Å². The second kappa shape index (κ2) is 6.65. The van der Waals surface area contributed by atoms with Crippen molar-refractivity contribution in [3.05, 3.63) is 51.2 Å². The van der Waals surface area contributed by atoms with E-state index in [0.29, 0.717) is 12.1 Å². The first kappa shape index (κ1) is 16.5. The second-order valence-corrected chi connectivity index (χ2v) is 6.87. The van der Waals surface area contributed by atoms with Crippen LogP contribution in [-0.4, -0.2) is 39.4 Å². The maximum Gasteiger partial charge on any atom is 0.253 e. The Bertz CT molecular complexity index is 903. The fourth-order valence-corrected chi connectivity index (χ4v) is 3.29. The van der Waals surface area contributed by atoms with Crippen LogP contribution < -0.4 is 0 Å². The van der Waals surface area contributed by atoms with Crippen molar-refractivity contribution >= 4 is 28.3 Å². The maximum absolute atomic E-state index is 12.7. The summed E-state index contributed by atoms with van der Waals surface area (Å²) in [6, 6.07) is 5.51. The number of rotatable bonds is 4. The Labute approximate surface area is 145 Å². The summed E-state index contributed by atoms with van der Waals surface area (Å²) in [6.45, 7) is 6.54. The first-order valence-corrected chi connectivity index (χ1v) is 8.73. The normalized spacial score (nSPS) is 11.0. The standard InChI is InChI=1S/C18H20N4OS/c1-11-12(2)21-16-9-14(5-6-15(16)20-11)18(23)22(4)8-7-17-13(3)19-10-24-17/h5-6,9-10H,7-8H2,1-4H3. The predicted octanol–water partition coefficient (Wildman–Crippen LogP) is 3.33. The van der Waals surface area contributed by atoms with Crippen molar-refractivity contribution in [1.82, 2.24) is 19.9 Å². The van der Waals surface area contributed by atoms with E-state index in [1.54, 1.807) is 16.2 Å². The van der Waals surface area contributed by atoms with Crippen LogP contribution in [0.4, 0.5) is 0 Å². The number of nitrogens with zero attached hydrogens (tertiary/aromatic N) is 4. The summed E-state index contributed by atoms with van der Waals surface area (Å²) in [6.07, 6.45) is 0.824. The van der Waals surface area contributed by atoms with Crippen LogP contribution in [0, 0.1) is 20.8 Å². The van der Waals surface area contributed by atoms with Gasteiger partial charge in [0.05, 0.1) is 33.6 Å². The van der Waals surface area contributed by atoms with Gasteiger partial charge in [-0.3, -0.25) is 4.79 Å². The molecule has 0 radical (unpaired) electrons. The molecule has 0 spiro atoms. The summed E-state index contributed by atoms with van der Waals surface area (Å²) >= 11 is 1.64. The SMILES string of the molecule is Cc1nc2ccc(C(=O)N(C)CCc3scnc3C)cc2nc1C. The van der Waals surface area contributed by atoms with Crippen molar-refractivity contribution in [2.45, 2.75) is 27.2 Å². The molecule has 124 valence electrons. The number of hydrogen-bond donors (Lipinski definition) is 0. The van der Waals surface area contributed by atoms with Gasteiger partial charge in [0.25, 0.3) is 5.91 Å². The van der Waals surface area contributed by atoms with Crippen molar-refractivity contribution in [3.63, 3.8) is 0 Å². The number of carbonyl (C=O) groups excluding carboxylic acids is 1. The highest BCUT2D eigenvalue weighted by atomic mass is 32.1. The molecule has 1 aromatic carbocycles. The molecule has 5 nitrogen and oxygen atoms in total. The highest BCUT2D eigenvalue weighted by Crippen LogP contribution is 2.17. The number of hydrogen-bond acceptors (Lipinski definition) is 5. The Morgan fingerprint density at radius 2 is 1.79 bits per heavy atom. The fraction of sp³-hybridized carbons (Fsp3) is 0.333. The summed E-state index contributed by atoms with van der Waals surface area (Å²) in [5, 5.41) is 0. The number of fused-ring (bicyclic) bond motifs is 1. The van der Waals surface area contributed by atoms with Gasteiger partial charge in [-0.1, -0.05) is 0 Å². The third-order valence-corrected chi connectivity index (χ3v) is 5.18. The van der Waals surface area contributed by atoms with Crippen LogP contribution in [0.2, 0.25) is 0 Å². The van der Waals surface area contributed by atoms with Crippen molar-refractivity contribution in [2.24, 2.45) is 0 Å². The monoisotopic (exact) mass is 340 g/mol. The number of thiazole rings is 1. The summed E-state index contributed by atoms with van der Waals surface area (Å²) in [5.41, 5.74) is 6.92. The first-order chi connectivity index (χ1) is 11.5. The van der Waals surface area contributed by atoms with Crippen LogP contribution in [0.3, 0.4) is 0 Å². The predicted molar refractivity (Wildman–Crippen MR) is 96.5 cm³/mol. The molecule has 6 heteroatoms. The topological polar surface area (TPSA) is 59.0 Å². The molecule has 2 aromatic heterocycles. The largest absolute Gasteiger partial charge is 0.341 e. The van der Waals surface area contributed by atoms with E-state index in [2.05, 4.69) is 15.0 Å².